The van der Waals surface area contributed by atoms with Crippen molar-refractivity contribution in [2.75, 3.05) is 13.2 Å². The minimum absolute atomic E-state index is 0.0862. The molecule has 0 aliphatic carbocycles. The van der Waals surface area contributed by atoms with Crippen LogP contribution in [-0.4, -0.2) is 69.6 Å². The molecule has 302 valence electrons. The molecule has 0 radical (unpaired) electrons. The number of esters is 2. The van der Waals surface area contributed by atoms with Crippen LogP contribution in [0.15, 0.2) is 60.7 Å². The fourth-order valence-electron chi connectivity index (χ4n) is 8.98. The highest BCUT2D eigenvalue weighted by molar-refractivity contribution is 5.71. The van der Waals surface area contributed by atoms with Gasteiger partial charge in [0, 0.05) is 59.7 Å². The molecular weight excluding hydrogens is 677 g/mol. The lowest BCUT2D eigenvalue weighted by atomic mass is 9.69. The minimum Gasteiger partial charge on any atom is -0.462 e. The summed E-state index contributed by atoms with van der Waals surface area (Å²) in [7, 11) is 0. The summed E-state index contributed by atoms with van der Waals surface area (Å²) in [5.74, 6) is -0.214. The van der Waals surface area contributed by atoms with Gasteiger partial charge in [-0.3, -0.25) is 19.3 Å². The maximum Gasteiger partial charge on any atom is 0.306 e. The van der Waals surface area contributed by atoms with Crippen molar-refractivity contribution in [3.8, 4) is 0 Å². The molecule has 2 heterocycles. The molecule has 8 unspecified atom stereocenters. The number of carbonyl (C=O) groups excluding carboxylic acids is 2. The molecule has 0 spiro atoms. The Hall–Kier alpha value is -2.78. The minimum atomic E-state index is -0.294. The van der Waals surface area contributed by atoms with Crippen LogP contribution < -0.4 is 0 Å². The molecule has 2 aromatic carbocycles. The SMILES string of the molecule is CCC1(C)CC(OC(=O)CCCCC(=O)OC2CC(C)(CC)N(OCCc3ccccc3)C(C)(CC)C2C)C(C)C(C)(CC)N1OCCc1ccccc1. The van der Waals surface area contributed by atoms with Gasteiger partial charge in [-0.15, -0.1) is 0 Å². The highest BCUT2D eigenvalue weighted by Gasteiger charge is 2.56. The smallest absolute Gasteiger partial charge is 0.306 e. The number of ether oxygens (including phenoxy) is 2. The number of hydroxylamine groups is 4. The predicted octanol–water partition coefficient (Wildman–Crippen LogP) is 10.1. The van der Waals surface area contributed by atoms with Gasteiger partial charge in [0.25, 0.3) is 0 Å². The number of benzene rings is 2. The summed E-state index contributed by atoms with van der Waals surface area (Å²) in [6.45, 7) is 23.3. The zero-order valence-electron chi connectivity index (χ0n) is 35.3. The van der Waals surface area contributed by atoms with Gasteiger partial charge in [0.05, 0.1) is 13.2 Å². The van der Waals surface area contributed by atoms with E-state index in [2.05, 4.69) is 128 Å². The normalized spacial score (nSPS) is 32.0. The van der Waals surface area contributed by atoms with E-state index in [-0.39, 0.29) is 71.0 Å². The first-order valence-electron chi connectivity index (χ1n) is 21.0. The van der Waals surface area contributed by atoms with Crippen molar-refractivity contribution in [1.82, 2.24) is 10.1 Å². The second kappa shape index (κ2) is 19.4. The van der Waals surface area contributed by atoms with Crippen molar-refractivity contribution < 1.29 is 28.7 Å². The number of carbonyl (C=O) groups is 2. The van der Waals surface area contributed by atoms with Crippen molar-refractivity contribution in [3.05, 3.63) is 71.8 Å². The Balaban J connectivity index is 1.27. The molecule has 0 N–H and O–H groups in total. The first-order valence-corrected chi connectivity index (χ1v) is 21.0. The molecule has 4 rings (SSSR count). The Bertz CT molecular complexity index is 1350. The van der Waals surface area contributed by atoms with E-state index in [1.807, 2.05) is 12.1 Å². The Morgan fingerprint density at radius 1 is 0.593 bits per heavy atom. The summed E-state index contributed by atoms with van der Waals surface area (Å²) in [5, 5.41) is 4.47. The maximum atomic E-state index is 13.3. The second-order valence-electron chi connectivity index (χ2n) is 17.1. The van der Waals surface area contributed by atoms with Crippen molar-refractivity contribution in [3.63, 3.8) is 0 Å². The van der Waals surface area contributed by atoms with E-state index in [9.17, 15) is 9.59 Å². The Morgan fingerprint density at radius 2 is 0.944 bits per heavy atom. The molecule has 8 nitrogen and oxygen atoms in total. The molecule has 0 aromatic heterocycles. The third-order valence-electron chi connectivity index (χ3n) is 13.7. The average molecular weight is 749 g/mol. The van der Waals surface area contributed by atoms with Crippen LogP contribution in [0, 0.1) is 11.8 Å². The quantitative estimate of drug-likeness (QED) is 0.104. The first kappa shape index (κ1) is 43.9. The Kier molecular flexibility index (Phi) is 15.8. The van der Waals surface area contributed by atoms with Crippen LogP contribution in [0.3, 0.4) is 0 Å². The van der Waals surface area contributed by atoms with Crippen LogP contribution in [0.5, 0.6) is 0 Å². The molecule has 54 heavy (non-hydrogen) atoms. The predicted molar refractivity (Wildman–Crippen MR) is 216 cm³/mol. The standard InChI is InChI=1S/C46H72N2O6/c1-11-43(7)33-39(35(5)45(9,13-3)47(43)51-31-29-37-23-17-15-18-24-37)53-41(49)27-21-22-28-42(50)54-40-34-44(8,12-2)48(46(10,14-4)36(40)6)52-32-30-38-25-19-16-20-26-38/h15-20,23-26,35-36,39-40H,11-14,21-22,27-34H2,1-10H3. The summed E-state index contributed by atoms with van der Waals surface area (Å²) in [4.78, 5) is 39.7. The van der Waals surface area contributed by atoms with Crippen molar-refractivity contribution in [2.45, 2.75) is 181 Å². The lowest BCUT2D eigenvalue weighted by Crippen LogP contribution is -2.68. The number of piperidine rings is 2. The molecule has 0 saturated carbocycles. The largest absolute Gasteiger partial charge is 0.462 e. The zero-order chi connectivity index (χ0) is 39.6. The average Bonchev–Trinajstić information content (AvgIpc) is 3.18. The van der Waals surface area contributed by atoms with Crippen LogP contribution in [0.25, 0.3) is 0 Å². The highest BCUT2D eigenvalue weighted by atomic mass is 16.7. The summed E-state index contributed by atoms with van der Waals surface area (Å²) in [5.41, 5.74) is 1.38. The lowest BCUT2D eigenvalue weighted by molar-refractivity contribution is -0.317. The maximum absolute atomic E-state index is 13.3. The number of unbranched alkanes of at least 4 members (excludes halogenated alkanes) is 1. The van der Waals surface area contributed by atoms with Gasteiger partial charge < -0.3 is 9.47 Å². The van der Waals surface area contributed by atoms with Crippen LogP contribution in [0.2, 0.25) is 0 Å². The van der Waals surface area contributed by atoms with Crippen LogP contribution in [0.1, 0.15) is 145 Å². The number of hydrogen-bond donors (Lipinski definition) is 0. The van der Waals surface area contributed by atoms with Gasteiger partial charge in [-0.25, -0.2) is 0 Å². The van der Waals surface area contributed by atoms with Gasteiger partial charge in [-0.05, 0) is 90.2 Å². The van der Waals surface area contributed by atoms with Gasteiger partial charge in [0.1, 0.15) is 12.2 Å². The van der Waals surface area contributed by atoms with Gasteiger partial charge in [0.15, 0.2) is 0 Å². The molecular formula is C46H72N2O6. The van der Waals surface area contributed by atoms with Gasteiger partial charge in [-0.1, -0.05) is 102 Å². The molecule has 2 aliphatic rings. The summed E-state index contributed by atoms with van der Waals surface area (Å²) in [6, 6.07) is 20.9. The second-order valence-corrected chi connectivity index (χ2v) is 17.1. The van der Waals surface area contributed by atoms with Crippen LogP contribution >= 0.6 is 0 Å². The van der Waals surface area contributed by atoms with Gasteiger partial charge in [0.2, 0.25) is 0 Å². The van der Waals surface area contributed by atoms with Crippen molar-refractivity contribution >= 4 is 11.9 Å². The van der Waals surface area contributed by atoms with E-state index < -0.39 is 0 Å². The first-order chi connectivity index (χ1) is 25.7. The fraction of sp³-hybridized carbons (Fsp3) is 0.696. The van der Waals surface area contributed by atoms with Gasteiger partial charge in [-0.2, -0.15) is 10.1 Å². The monoisotopic (exact) mass is 749 g/mol. The summed E-state index contributed by atoms with van der Waals surface area (Å²) >= 11 is 0. The van der Waals surface area contributed by atoms with Crippen molar-refractivity contribution in [2.24, 2.45) is 11.8 Å². The lowest BCUT2D eigenvalue weighted by Gasteiger charge is -2.58. The van der Waals surface area contributed by atoms with E-state index in [0.29, 0.717) is 38.9 Å². The van der Waals surface area contributed by atoms with E-state index in [0.717, 1.165) is 38.5 Å². The summed E-state index contributed by atoms with van der Waals surface area (Å²) in [6.07, 6.45) is 7.96. The van der Waals surface area contributed by atoms with Gasteiger partial charge >= 0.3 is 11.9 Å². The third-order valence-corrected chi connectivity index (χ3v) is 13.7. The van der Waals surface area contributed by atoms with Crippen molar-refractivity contribution in [1.29, 1.82) is 0 Å². The van der Waals surface area contributed by atoms with E-state index in [4.69, 9.17) is 19.1 Å². The Morgan fingerprint density at radius 3 is 1.26 bits per heavy atom. The highest BCUT2D eigenvalue weighted by Crippen LogP contribution is 2.48. The van der Waals surface area contributed by atoms with Crippen LogP contribution in [-0.2, 0) is 41.6 Å². The molecule has 0 amide bonds. The molecule has 8 atom stereocenters. The number of rotatable bonds is 19. The van der Waals surface area contributed by atoms with E-state index in [1.54, 1.807) is 0 Å². The molecule has 2 aliphatic heterocycles. The number of hydrogen-bond acceptors (Lipinski definition) is 8. The fourth-order valence-corrected chi connectivity index (χ4v) is 8.98. The molecule has 2 saturated heterocycles. The molecule has 2 fully saturated rings. The summed E-state index contributed by atoms with van der Waals surface area (Å²) < 4.78 is 12.5. The third kappa shape index (κ3) is 10.1. The van der Waals surface area contributed by atoms with Crippen LogP contribution in [0.4, 0.5) is 0 Å². The number of nitrogens with zero attached hydrogens (tertiary/aromatic N) is 2. The molecule has 0 bridgehead atoms. The van der Waals surface area contributed by atoms with E-state index >= 15 is 0 Å². The Labute approximate surface area is 327 Å². The molecule has 8 heteroatoms. The molecule has 2 aromatic rings. The topological polar surface area (TPSA) is 77.5 Å². The van der Waals surface area contributed by atoms with E-state index in [1.165, 1.54) is 11.1 Å². The zero-order valence-corrected chi connectivity index (χ0v) is 35.3.